The zero-order valence-corrected chi connectivity index (χ0v) is 15.0. The molecule has 0 amide bonds. The van der Waals surface area contributed by atoms with Gasteiger partial charge in [-0.25, -0.2) is 0 Å². The Hall–Kier alpha value is -2.48. The molecule has 0 saturated heterocycles. The van der Waals surface area contributed by atoms with Crippen LogP contribution in [0.25, 0.3) is 10.8 Å². The van der Waals surface area contributed by atoms with Gasteiger partial charge in [-0.3, -0.25) is 0 Å². The number of hydrogen-bond donors (Lipinski definition) is 0. The number of aryl methyl sites for hydroxylation is 1. The molecule has 25 heavy (non-hydrogen) atoms. The molecule has 1 heterocycles. The molecule has 1 aliphatic rings. The van der Waals surface area contributed by atoms with Gasteiger partial charge < -0.3 is 9.64 Å². The third kappa shape index (κ3) is 3.21. The van der Waals surface area contributed by atoms with Crippen LogP contribution in [0.5, 0.6) is 5.75 Å². The summed E-state index contributed by atoms with van der Waals surface area (Å²) in [6.07, 6.45) is 2.56. The first-order valence-corrected chi connectivity index (χ1v) is 9.22. The number of hydrogen-bond acceptors (Lipinski definition) is 2. The maximum atomic E-state index is 6.16. The van der Waals surface area contributed by atoms with E-state index in [4.69, 9.17) is 4.74 Å². The molecule has 4 rings (SSSR count). The van der Waals surface area contributed by atoms with Gasteiger partial charge in [0.25, 0.3) is 0 Å². The van der Waals surface area contributed by atoms with Crippen LogP contribution in [-0.4, -0.2) is 12.6 Å². The highest BCUT2D eigenvalue weighted by atomic mass is 16.5. The Bertz CT molecular complexity index is 884. The van der Waals surface area contributed by atoms with Crippen LogP contribution < -0.4 is 9.64 Å². The van der Waals surface area contributed by atoms with E-state index in [-0.39, 0.29) is 6.10 Å². The van der Waals surface area contributed by atoms with Gasteiger partial charge in [-0.1, -0.05) is 48.5 Å². The average molecular weight is 331 g/mol. The summed E-state index contributed by atoms with van der Waals surface area (Å²) in [5.74, 6) is 1.01. The van der Waals surface area contributed by atoms with E-state index in [0.717, 1.165) is 18.8 Å². The minimum Gasteiger partial charge on any atom is -0.491 e. The molecular formula is C23H25NO. The summed E-state index contributed by atoms with van der Waals surface area (Å²) in [6.45, 7) is 6.17. The Kier molecular flexibility index (Phi) is 4.35. The van der Waals surface area contributed by atoms with E-state index in [2.05, 4.69) is 79.4 Å². The summed E-state index contributed by atoms with van der Waals surface area (Å²) in [6, 6.07) is 21.7. The monoisotopic (exact) mass is 331 g/mol. The molecule has 0 saturated carbocycles. The van der Waals surface area contributed by atoms with Crippen LogP contribution in [-0.2, 0) is 13.0 Å². The van der Waals surface area contributed by atoms with E-state index in [1.54, 1.807) is 0 Å². The minimum atomic E-state index is 0.175. The lowest BCUT2D eigenvalue weighted by Gasteiger charge is -2.32. The Balaban J connectivity index is 1.78. The lowest BCUT2D eigenvalue weighted by molar-refractivity contribution is 0.240. The van der Waals surface area contributed by atoms with Gasteiger partial charge in [0.2, 0.25) is 0 Å². The molecule has 0 radical (unpaired) electrons. The van der Waals surface area contributed by atoms with E-state index in [1.807, 2.05) is 0 Å². The van der Waals surface area contributed by atoms with E-state index in [0.29, 0.717) is 0 Å². The Morgan fingerprint density at radius 2 is 1.76 bits per heavy atom. The van der Waals surface area contributed by atoms with Crippen molar-refractivity contribution in [2.45, 2.75) is 39.3 Å². The molecule has 0 bridgehead atoms. The first kappa shape index (κ1) is 16.0. The van der Waals surface area contributed by atoms with Gasteiger partial charge in [-0.15, -0.1) is 0 Å². The standard InChI is InChI=1S/C23H25NO/c1-17(2)25-23-14-13-18-8-3-5-11-20(18)21(23)16-24-15-7-10-19-9-4-6-12-22(19)24/h3-6,8-9,11-14,17H,7,10,15-16H2,1-2H3. The van der Waals surface area contributed by atoms with Crippen LogP contribution >= 0.6 is 0 Å². The summed E-state index contributed by atoms with van der Waals surface area (Å²) >= 11 is 0. The first-order valence-electron chi connectivity index (χ1n) is 9.22. The predicted molar refractivity (Wildman–Crippen MR) is 106 cm³/mol. The quantitative estimate of drug-likeness (QED) is 0.619. The molecule has 1 aliphatic heterocycles. The summed E-state index contributed by atoms with van der Waals surface area (Å²) in [5, 5.41) is 2.57. The van der Waals surface area contributed by atoms with Crippen LogP contribution in [0.1, 0.15) is 31.4 Å². The molecule has 3 aromatic rings. The van der Waals surface area contributed by atoms with E-state index >= 15 is 0 Å². The Morgan fingerprint density at radius 3 is 2.64 bits per heavy atom. The molecule has 128 valence electrons. The average Bonchev–Trinajstić information content (AvgIpc) is 2.63. The topological polar surface area (TPSA) is 12.5 Å². The second-order valence-electron chi connectivity index (χ2n) is 7.08. The molecule has 3 aromatic carbocycles. The molecule has 2 heteroatoms. The highest BCUT2D eigenvalue weighted by Crippen LogP contribution is 2.34. The third-order valence-electron chi connectivity index (χ3n) is 4.92. The SMILES string of the molecule is CC(C)Oc1ccc2ccccc2c1CN1CCCc2ccccc21. The number of anilines is 1. The number of benzene rings is 3. The fourth-order valence-corrected chi connectivity index (χ4v) is 3.81. The molecule has 0 unspecified atom stereocenters. The zero-order chi connectivity index (χ0) is 17.2. The summed E-state index contributed by atoms with van der Waals surface area (Å²) in [5.41, 5.74) is 4.13. The molecule has 2 nitrogen and oxygen atoms in total. The zero-order valence-electron chi connectivity index (χ0n) is 15.0. The Morgan fingerprint density at radius 1 is 0.960 bits per heavy atom. The van der Waals surface area contributed by atoms with Crippen molar-refractivity contribution in [3.05, 3.63) is 71.8 Å². The molecule has 0 spiro atoms. The second-order valence-corrected chi connectivity index (χ2v) is 7.08. The lowest BCUT2D eigenvalue weighted by atomic mass is 9.99. The fourth-order valence-electron chi connectivity index (χ4n) is 3.81. The van der Waals surface area contributed by atoms with Crippen LogP contribution in [0.15, 0.2) is 60.7 Å². The van der Waals surface area contributed by atoms with Gasteiger partial charge in [0, 0.05) is 24.3 Å². The number of fused-ring (bicyclic) bond motifs is 2. The van der Waals surface area contributed by atoms with Gasteiger partial charge in [0.1, 0.15) is 5.75 Å². The fraction of sp³-hybridized carbons (Fsp3) is 0.304. The summed E-state index contributed by atoms with van der Waals surface area (Å²) in [4.78, 5) is 2.51. The highest BCUT2D eigenvalue weighted by Gasteiger charge is 2.19. The van der Waals surface area contributed by atoms with E-state index in [9.17, 15) is 0 Å². The van der Waals surface area contributed by atoms with Crippen LogP contribution in [0.3, 0.4) is 0 Å². The van der Waals surface area contributed by atoms with Gasteiger partial charge >= 0.3 is 0 Å². The largest absolute Gasteiger partial charge is 0.491 e. The molecule has 0 fully saturated rings. The van der Waals surface area contributed by atoms with Crippen molar-refractivity contribution in [2.24, 2.45) is 0 Å². The number of para-hydroxylation sites is 1. The van der Waals surface area contributed by atoms with Crippen molar-refractivity contribution in [1.82, 2.24) is 0 Å². The van der Waals surface area contributed by atoms with Crippen LogP contribution in [0, 0.1) is 0 Å². The maximum Gasteiger partial charge on any atom is 0.125 e. The number of rotatable bonds is 4. The molecule has 0 aromatic heterocycles. The van der Waals surface area contributed by atoms with E-state index < -0.39 is 0 Å². The normalized spacial score (nSPS) is 14.0. The van der Waals surface area contributed by atoms with Crippen molar-refractivity contribution in [2.75, 3.05) is 11.4 Å². The second kappa shape index (κ2) is 6.79. The molecule has 0 atom stereocenters. The van der Waals surface area contributed by atoms with Crippen molar-refractivity contribution < 1.29 is 4.74 Å². The summed E-state index contributed by atoms with van der Waals surface area (Å²) in [7, 11) is 0. The van der Waals surface area contributed by atoms with Gasteiger partial charge in [0.05, 0.1) is 6.10 Å². The van der Waals surface area contributed by atoms with Crippen LogP contribution in [0.4, 0.5) is 5.69 Å². The Labute approximate surface area is 150 Å². The summed E-state index contributed by atoms with van der Waals surface area (Å²) < 4.78 is 6.16. The molecular weight excluding hydrogens is 306 g/mol. The van der Waals surface area contributed by atoms with Crippen LogP contribution in [0.2, 0.25) is 0 Å². The van der Waals surface area contributed by atoms with Crippen molar-refractivity contribution in [3.63, 3.8) is 0 Å². The first-order chi connectivity index (χ1) is 12.2. The smallest absolute Gasteiger partial charge is 0.125 e. The minimum absolute atomic E-state index is 0.175. The maximum absolute atomic E-state index is 6.16. The molecule has 0 N–H and O–H groups in total. The third-order valence-corrected chi connectivity index (χ3v) is 4.92. The number of ether oxygens (including phenoxy) is 1. The van der Waals surface area contributed by atoms with Gasteiger partial charge in [-0.05, 0) is 55.2 Å². The molecule has 0 aliphatic carbocycles. The van der Waals surface area contributed by atoms with Gasteiger partial charge in [-0.2, -0.15) is 0 Å². The van der Waals surface area contributed by atoms with Crippen molar-refractivity contribution >= 4 is 16.5 Å². The highest BCUT2D eigenvalue weighted by molar-refractivity contribution is 5.88. The van der Waals surface area contributed by atoms with Gasteiger partial charge in [0.15, 0.2) is 0 Å². The van der Waals surface area contributed by atoms with Crippen molar-refractivity contribution in [1.29, 1.82) is 0 Å². The van der Waals surface area contributed by atoms with E-state index in [1.165, 1.54) is 40.4 Å². The number of nitrogens with zero attached hydrogens (tertiary/aromatic N) is 1. The lowest BCUT2D eigenvalue weighted by Crippen LogP contribution is -2.29. The predicted octanol–water partition coefficient (Wildman–Crippen LogP) is 5.58. The van der Waals surface area contributed by atoms with Crippen molar-refractivity contribution in [3.8, 4) is 5.75 Å².